The highest BCUT2D eigenvalue weighted by molar-refractivity contribution is 8.00. The predicted molar refractivity (Wildman–Crippen MR) is 112 cm³/mol. The standard InChI is InChI=1S/C22H22FN3O3S/c1-13-12-16-6-4-5-7-19(16)26(13)21(27)15(3)30-22-25-24-20(29-22)14(2)28-18-10-8-17(23)9-11-18/h4-11,13-15H,12H2,1-3H3. The number of aromatic nitrogens is 2. The maximum atomic E-state index is 13.1. The van der Waals surface area contributed by atoms with Gasteiger partial charge in [0.2, 0.25) is 5.91 Å². The average molecular weight is 428 g/mol. The summed E-state index contributed by atoms with van der Waals surface area (Å²) in [7, 11) is 0. The van der Waals surface area contributed by atoms with E-state index < -0.39 is 6.10 Å². The van der Waals surface area contributed by atoms with Crippen LogP contribution in [0.15, 0.2) is 58.2 Å². The first-order chi connectivity index (χ1) is 14.4. The highest BCUT2D eigenvalue weighted by atomic mass is 32.2. The number of carbonyl (C=O) groups is 1. The van der Waals surface area contributed by atoms with Gasteiger partial charge in [-0.05, 0) is 63.1 Å². The molecule has 1 aliphatic heterocycles. The van der Waals surface area contributed by atoms with Gasteiger partial charge in [0.15, 0.2) is 6.10 Å². The number of carbonyl (C=O) groups excluding carboxylic acids is 1. The van der Waals surface area contributed by atoms with Crippen LogP contribution in [-0.2, 0) is 11.2 Å². The molecule has 1 amide bonds. The van der Waals surface area contributed by atoms with Crippen molar-refractivity contribution < 1.29 is 18.3 Å². The van der Waals surface area contributed by atoms with E-state index in [1.807, 2.05) is 30.0 Å². The zero-order valence-corrected chi connectivity index (χ0v) is 17.7. The van der Waals surface area contributed by atoms with Crippen molar-refractivity contribution in [3.8, 4) is 5.75 Å². The molecule has 0 N–H and O–H groups in total. The molecule has 0 radical (unpaired) electrons. The van der Waals surface area contributed by atoms with Crippen molar-refractivity contribution in [2.24, 2.45) is 0 Å². The van der Waals surface area contributed by atoms with Crippen molar-refractivity contribution in [1.82, 2.24) is 10.2 Å². The van der Waals surface area contributed by atoms with Gasteiger partial charge in [-0.1, -0.05) is 30.0 Å². The van der Waals surface area contributed by atoms with Crippen LogP contribution in [0.1, 0.15) is 38.3 Å². The van der Waals surface area contributed by atoms with E-state index in [1.165, 1.54) is 41.6 Å². The molecule has 0 bridgehead atoms. The summed E-state index contributed by atoms with van der Waals surface area (Å²) in [6, 6.07) is 13.8. The van der Waals surface area contributed by atoms with Crippen LogP contribution in [0.2, 0.25) is 0 Å². The second-order valence-corrected chi connectivity index (χ2v) is 8.56. The molecule has 3 atom stereocenters. The molecule has 1 aromatic heterocycles. The molecule has 4 rings (SSSR count). The van der Waals surface area contributed by atoms with Crippen LogP contribution in [0.3, 0.4) is 0 Å². The van der Waals surface area contributed by atoms with E-state index in [-0.39, 0.29) is 23.0 Å². The highest BCUT2D eigenvalue weighted by Gasteiger charge is 2.34. The van der Waals surface area contributed by atoms with E-state index in [1.54, 1.807) is 6.92 Å². The Bertz CT molecular complexity index is 1040. The van der Waals surface area contributed by atoms with E-state index in [0.29, 0.717) is 16.9 Å². The second kappa shape index (κ2) is 8.47. The van der Waals surface area contributed by atoms with Crippen LogP contribution in [0, 0.1) is 5.82 Å². The van der Waals surface area contributed by atoms with Crippen molar-refractivity contribution >= 4 is 23.4 Å². The number of rotatable bonds is 6. The van der Waals surface area contributed by atoms with Gasteiger partial charge >= 0.3 is 0 Å². The number of benzene rings is 2. The maximum absolute atomic E-state index is 13.1. The molecule has 3 aromatic rings. The number of para-hydroxylation sites is 1. The number of nitrogens with zero attached hydrogens (tertiary/aromatic N) is 3. The number of hydrogen-bond donors (Lipinski definition) is 0. The SMILES string of the molecule is CC(Sc1nnc(C(C)Oc2ccc(F)cc2)o1)C(=O)N1c2ccccc2CC1C. The predicted octanol–water partition coefficient (Wildman–Crippen LogP) is 4.81. The molecule has 0 saturated heterocycles. The Balaban J connectivity index is 1.40. The molecule has 2 heterocycles. The van der Waals surface area contributed by atoms with Crippen molar-refractivity contribution in [3.63, 3.8) is 0 Å². The molecule has 6 nitrogen and oxygen atoms in total. The molecular formula is C22H22FN3O3S. The summed E-state index contributed by atoms with van der Waals surface area (Å²) in [6.07, 6.45) is 0.344. The lowest BCUT2D eigenvalue weighted by Crippen LogP contribution is -2.40. The summed E-state index contributed by atoms with van der Waals surface area (Å²) >= 11 is 1.23. The number of hydrogen-bond acceptors (Lipinski definition) is 6. The molecule has 8 heteroatoms. The summed E-state index contributed by atoms with van der Waals surface area (Å²) in [6.45, 7) is 5.65. The zero-order chi connectivity index (χ0) is 21.3. The fraction of sp³-hybridized carbons (Fsp3) is 0.318. The molecule has 0 spiro atoms. The molecular weight excluding hydrogens is 405 g/mol. The molecule has 30 heavy (non-hydrogen) atoms. The second-order valence-electron chi connectivity index (χ2n) is 7.27. The number of anilines is 1. The van der Waals surface area contributed by atoms with Crippen LogP contribution >= 0.6 is 11.8 Å². The first-order valence-corrected chi connectivity index (χ1v) is 10.6. The van der Waals surface area contributed by atoms with Gasteiger partial charge in [0.1, 0.15) is 11.6 Å². The third-order valence-electron chi connectivity index (χ3n) is 4.97. The van der Waals surface area contributed by atoms with Crippen molar-refractivity contribution in [2.45, 2.75) is 49.8 Å². The zero-order valence-electron chi connectivity index (χ0n) is 16.9. The number of ether oxygens (including phenoxy) is 1. The summed E-state index contributed by atoms with van der Waals surface area (Å²) in [4.78, 5) is 14.9. The van der Waals surface area contributed by atoms with Gasteiger partial charge in [0.05, 0.1) is 5.25 Å². The first kappa shape index (κ1) is 20.4. The third-order valence-corrected chi connectivity index (χ3v) is 5.89. The minimum atomic E-state index is -0.506. The molecule has 0 aliphatic carbocycles. The summed E-state index contributed by atoms with van der Waals surface area (Å²) in [5.74, 6) is 0.468. The van der Waals surface area contributed by atoms with E-state index in [0.717, 1.165) is 12.1 Å². The normalized spacial score (nSPS) is 17.5. The number of thioether (sulfide) groups is 1. The Labute approximate surface area is 178 Å². The number of amides is 1. The molecule has 156 valence electrons. The summed E-state index contributed by atoms with van der Waals surface area (Å²) in [5, 5.41) is 7.99. The van der Waals surface area contributed by atoms with E-state index in [2.05, 4.69) is 23.2 Å². The van der Waals surface area contributed by atoms with Gasteiger partial charge in [0.25, 0.3) is 11.1 Å². The Kier molecular flexibility index (Phi) is 5.76. The Morgan fingerprint density at radius 2 is 1.93 bits per heavy atom. The molecule has 1 aliphatic rings. The Hall–Kier alpha value is -2.87. The van der Waals surface area contributed by atoms with Crippen LogP contribution in [0.5, 0.6) is 5.75 Å². The monoisotopic (exact) mass is 427 g/mol. The smallest absolute Gasteiger partial charge is 0.277 e. The molecule has 3 unspecified atom stereocenters. The van der Waals surface area contributed by atoms with E-state index in [4.69, 9.17) is 9.15 Å². The van der Waals surface area contributed by atoms with Crippen LogP contribution in [0.25, 0.3) is 0 Å². The molecule has 0 fully saturated rings. The van der Waals surface area contributed by atoms with Gasteiger partial charge < -0.3 is 14.1 Å². The maximum Gasteiger partial charge on any atom is 0.277 e. The number of fused-ring (bicyclic) bond motifs is 1. The fourth-order valence-electron chi connectivity index (χ4n) is 3.50. The van der Waals surface area contributed by atoms with Crippen molar-refractivity contribution in [2.75, 3.05) is 4.90 Å². The van der Waals surface area contributed by atoms with Crippen LogP contribution in [0.4, 0.5) is 10.1 Å². The highest BCUT2D eigenvalue weighted by Crippen LogP contribution is 2.35. The lowest BCUT2D eigenvalue weighted by molar-refractivity contribution is -0.118. The van der Waals surface area contributed by atoms with Crippen molar-refractivity contribution in [1.29, 1.82) is 0 Å². The van der Waals surface area contributed by atoms with E-state index >= 15 is 0 Å². The average Bonchev–Trinajstić information content (AvgIpc) is 3.32. The van der Waals surface area contributed by atoms with Crippen molar-refractivity contribution in [3.05, 3.63) is 65.8 Å². The van der Waals surface area contributed by atoms with Gasteiger partial charge in [0, 0.05) is 11.7 Å². The summed E-state index contributed by atoms with van der Waals surface area (Å²) in [5.41, 5.74) is 2.15. The third kappa shape index (κ3) is 4.18. The van der Waals surface area contributed by atoms with Gasteiger partial charge in [-0.3, -0.25) is 4.79 Å². The minimum absolute atomic E-state index is 0.00723. The van der Waals surface area contributed by atoms with Crippen LogP contribution < -0.4 is 9.64 Å². The number of halogens is 1. The first-order valence-electron chi connectivity index (χ1n) is 9.75. The lowest BCUT2D eigenvalue weighted by atomic mass is 10.1. The topological polar surface area (TPSA) is 68.5 Å². The quantitative estimate of drug-likeness (QED) is 0.526. The largest absolute Gasteiger partial charge is 0.481 e. The van der Waals surface area contributed by atoms with Gasteiger partial charge in [-0.2, -0.15) is 0 Å². The minimum Gasteiger partial charge on any atom is -0.481 e. The molecule has 0 saturated carbocycles. The Morgan fingerprint density at radius 3 is 2.70 bits per heavy atom. The van der Waals surface area contributed by atoms with Crippen LogP contribution in [-0.4, -0.2) is 27.4 Å². The van der Waals surface area contributed by atoms with E-state index in [9.17, 15) is 9.18 Å². The Morgan fingerprint density at radius 1 is 1.20 bits per heavy atom. The summed E-state index contributed by atoms with van der Waals surface area (Å²) < 4.78 is 24.4. The molecule has 2 aromatic carbocycles. The van der Waals surface area contributed by atoms with Gasteiger partial charge in [-0.25, -0.2) is 4.39 Å². The van der Waals surface area contributed by atoms with Gasteiger partial charge in [-0.15, -0.1) is 10.2 Å². The lowest BCUT2D eigenvalue weighted by Gasteiger charge is -2.25. The fourth-order valence-corrected chi connectivity index (χ4v) is 4.24.